The van der Waals surface area contributed by atoms with Crippen LogP contribution in [0.15, 0.2) is 53.8 Å². The first-order chi connectivity index (χ1) is 19.9. The van der Waals surface area contributed by atoms with E-state index in [1.165, 1.54) is 24.0 Å². The minimum Gasteiger partial charge on any atom is -0.503 e. The van der Waals surface area contributed by atoms with Gasteiger partial charge >= 0.3 is 11.9 Å². The van der Waals surface area contributed by atoms with Crippen LogP contribution in [-0.4, -0.2) is 69.1 Å². The molecule has 14 heteroatoms. The second-order valence-corrected chi connectivity index (χ2v) is 10.3. The number of amides is 3. The van der Waals surface area contributed by atoms with E-state index < -0.39 is 54.1 Å². The molecule has 42 heavy (non-hydrogen) atoms. The number of aliphatic hydroxyl groups excluding tert-OH is 1. The number of carbonyl (C=O) groups excluding carboxylic acids is 3. The summed E-state index contributed by atoms with van der Waals surface area (Å²) in [6, 6.07) is 8.64. The van der Waals surface area contributed by atoms with E-state index in [0.717, 1.165) is 0 Å². The number of aliphatic hydroxyl groups is 1. The number of halogens is 2. The summed E-state index contributed by atoms with van der Waals surface area (Å²) in [5.41, 5.74) is 0.547. The predicted octanol–water partition coefficient (Wildman–Crippen LogP) is 3.23. The lowest BCUT2D eigenvalue weighted by Gasteiger charge is -2.28. The first kappa shape index (κ1) is 32.2. The lowest BCUT2D eigenvalue weighted by atomic mass is 9.97. The van der Waals surface area contributed by atoms with Crippen molar-refractivity contribution >= 4 is 52.9 Å². The number of rotatable bonds is 14. The fourth-order valence-electron chi connectivity index (χ4n) is 4.54. The van der Waals surface area contributed by atoms with E-state index in [1.54, 1.807) is 30.3 Å². The summed E-state index contributed by atoms with van der Waals surface area (Å²) in [5, 5.41) is 35.0. The molecule has 0 saturated heterocycles. The van der Waals surface area contributed by atoms with Gasteiger partial charge in [-0.05, 0) is 49.1 Å². The van der Waals surface area contributed by atoms with Crippen LogP contribution in [0.1, 0.15) is 43.4 Å². The molecule has 0 bridgehead atoms. The molecule has 3 amide bonds. The third-order valence-corrected chi connectivity index (χ3v) is 6.74. The zero-order chi connectivity index (χ0) is 31.0. The van der Waals surface area contributed by atoms with Crippen LogP contribution in [-0.2, 0) is 30.5 Å². The Bertz CT molecular complexity index is 1390. The number of hydrogen-bond acceptors (Lipinski definition) is 7. The molecule has 1 aliphatic rings. The van der Waals surface area contributed by atoms with Crippen molar-refractivity contribution in [1.82, 2.24) is 15.5 Å². The van der Waals surface area contributed by atoms with Crippen molar-refractivity contribution in [3.63, 3.8) is 0 Å². The van der Waals surface area contributed by atoms with Gasteiger partial charge in [-0.25, -0.2) is 9.59 Å². The number of aliphatic carboxylic acids is 2. The Kier molecular flexibility index (Phi) is 11.2. The van der Waals surface area contributed by atoms with Crippen molar-refractivity contribution in [1.29, 1.82) is 0 Å². The first-order valence-corrected chi connectivity index (χ1v) is 13.5. The van der Waals surface area contributed by atoms with Crippen molar-refractivity contribution in [3.8, 4) is 5.75 Å². The largest absolute Gasteiger partial charge is 0.503 e. The van der Waals surface area contributed by atoms with E-state index >= 15 is 0 Å². The fourth-order valence-corrected chi connectivity index (χ4v) is 5.11. The number of carboxylic acid groups (broad SMARTS) is 2. The van der Waals surface area contributed by atoms with Crippen LogP contribution in [0.4, 0.5) is 0 Å². The number of nitrogens with one attached hydrogen (secondary N) is 2. The molecule has 2 aromatic rings. The summed E-state index contributed by atoms with van der Waals surface area (Å²) < 4.78 is 5.43. The van der Waals surface area contributed by atoms with Crippen LogP contribution in [0.25, 0.3) is 0 Å². The van der Waals surface area contributed by atoms with Crippen LogP contribution in [0.5, 0.6) is 5.75 Å². The molecule has 3 rings (SSSR count). The molecule has 5 N–H and O–H groups in total. The van der Waals surface area contributed by atoms with Gasteiger partial charge in [-0.15, -0.1) is 0 Å². The third-order valence-electron chi connectivity index (χ3n) is 6.31. The van der Waals surface area contributed by atoms with Crippen molar-refractivity contribution in [2.24, 2.45) is 0 Å². The third kappa shape index (κ3) is 8.37. The highest BCUT2D eigenvalue weighted by Crippen LogP contribution is 2.41. The number of benzene rings is 2. The Morgan fingerprint density at radius 1 is 1.05 bits per heavy atom. The summed E-state index contributed by atoms with van der Waals surface area (Å²) in [7, 11) is 0. The Balaban J connectivity index is 1.88. The van der Waals surface area contributed by atoms with Gasteiger partial charge in [-0.3, -0.25) is 14.4 Å². The van der Waals surface area contributed by atoms with Gasteiger partial charge in [0.2, 0.25) is 5.91 Å². The molecule has 0 aliphatic carbocycles. The summed E-state index contributed by atoms with van der Waals surface area (Å²) in [6.07, 6.45) is 0.616. The molecule has 12 nitrogen and oxygen atoms in total. The van der Waals surface area contributed by atoms with Crippen molar-refractivity contribution < 1.29 is 44.0 Å². The van der Waals surface area contributed by atoms with Gasteiger partial charge < -0.3 is 35.6 Å². The SMILES string of the molecule is CC(=O)N[C@H](CCCCN1C(=O)C(O)=C(C(=O)NCc2cc(Cl)cc(Cl)c2)C1c1ccccc1OCC(=O)O)C(=O)O. The van der Waals surface area contributed by atoms with E-state index in [4.69, 9.17) is 33.0 Å². The Hall–Kier alpha value is -4.29. The highest BCUT2D eigenvalue weighted by atomic mass is 35.5. The van der Waals surface area contributed by atoms with E-state index in [-0.39, 0.29) is 49.2 Å². The molecule has 0 aromatic heterocycles. The summed E-state index contributed by atoms with van der Waals surface area (Å²) >= 11 is 12.1. The van der Waals surface area contributed by atoms with Crippen LogP contribution >= 0.6 is 23.2 Å². The minimum atomic E-state index is -1.24. The predicted molar refractivity (Wildman–Crippen MR) is 151 cm³/mol. The molecule has 2 aromatic carbocycles. The van der Waals surface area contributed by atoms with E-state index in [1.807, 2.05) is 0 Å². The van der Waals surface area contributed by atoms with Crippen LogP contribution in [0.3, 0.4) is 0 Å². The monoisotopic (exact) mass is 621 g/mol. The number of carboxylic acids is 2. The number of hydrogen-bond donors (Lipinski definition) is 5. The molecule has 0 radical (unpaired) electrons. The molecular formula is C28H29Cl2N3O9. The molecule has 2 atom stereocenters. The Morgan fingerprint density at radius 2 is 1.71 bits per heavy atom. The lowest BCUT2D eigenvalue weighted by molar-refractivity contribution is -0.142. The molecule has 0 saturated carbocycles. The van der Waals surface area contributed by atoms with Gasteiger partial charge in [0.1, 0.15) is 11.8 Å². The highest BCUT2D eigenvalue weighted by molar-refractivity contribution is 6.34. The zero-order valence-electron chi connectivity index (χ0n) is 22.4. The summed E-state index contributed by atoms with van der Waals surface area (Å²) in [5.74, 6) is -5.27. The van der Waals surface area contributed by atoms with E-state index in [2.05, 4.69) is 10.6 Å². The van der Waals surface area contributed by atoms with Gasteiger partial charge in [0.05, 0.1) is 11.6 Å². The normalized spacial score (nSPS) is 15.4. The summed E-state index contributed by atoms with van der Waals surface area (Å²) in [6.45, 7) is 0.473. The average Bonchev–Trinajstić information content (AvgIpc) is 3.16. The standard InChI is InChI=1S/C28H29Cl2N3O9/c1-15(34)32-20(28(40)41)7-4-5-9-33-24(19-6-2-3-8-21(19)42-14-22(35)36)23(25(37)27(33)39)26(38)31-13-16-10-17(29)12-18(30)11-16/h2-3,6,8,10-12,20,24,37H,4-5,7,9,13-14H2,1H3,(H,31,38)(H,32,34)(H,35,36)(H,40,41)/t20-,24?/m1/s1. The van der Waals surface area contributed by atoms with Gasteiger partial charge in [-0.2, -0.15) is 0 Å². The first-order valence-electron chi connectivity index (χ1n) is 12.8. The molecule has 224 valence electrons. The van der Waals surface area contributed by atoms with Crippen LogP contribution in [0, 0.1) is 0 Å². The quantitative estimate of drug-likeness (QED) is 0.198. The molecule has 1 unspecified atom stereocenters. The Labute approximate surface area is 250 Å². The van der Waals surface area contributed by atoms with Crippen molar-refractivity contribution in [2.45, 2.75) is 44.8 Å². The van der Waals surface area contributed by atoms with Crippen LogP contribution in [0.2, 0.25) is 10.0 Å². The lowest BCUT2D eigenvalue weighted by Crippen LogP contribution is -2.39. The minimum absolute atomic E-state index is 0.00604. The topological polar surface area (TPSA) is 183 Å². The van der Waals surface area contributed by atoms with E-state index in [9.17, 15) is 34.2 Å². The van der Waals surface area contributed by atoms with Crippen molar-refractivity contribution in [3.05, 3.63) is 75.0 Å². The van der Waals surface area contributed by atoms with Gasteiger partial charge in [0, 0.05) is 35.6 Å². The maximum Gasteiger partial charge on any atom is 0.341 e. The number of unbranched alkanes of at least 4 members (excludes halogenated alkanes) is 1. The Morgan fingerprint density at radius 3 is 2.33 bits per heavy atom. The van der Waals surface area contributed by atoms with Crippen molar-refractivity contribution in [2.75, 3.05) is 13.2 Å². The zero-order valence-corrected chi connectivity index (χ0v) is 23.9. The molecule has 1 heterocycles. The highest BCUT2D eigenvalue weighted by Gasteiger charge is 2.44. The molecule has 0 fully saturated rings. The van der Waals surface area contributed by atoms with Crippen LogP contribution < -0.4 is 15.4 Å². The van der Waals surface area contributed by atoms with Gasteiger partial charge in [0.15, 0.2) is 12.4 Å². The average molecular weight is 622 g/mol. The van der Waals surface area contributed by atoms with E-state index in [0.29, 0.717) is 15.6 Å². The fraction of sp³-hybridized carbons (Fsp3) is 0.321. The number of carbonyl (C=O) groups is 5. The smallest absolute Gasteiger partial charge is 0.341 e. The number of nitrogens with zero attached hydrogens (tertiary/aromatic N) is 1. The number of ether oxygens (including phenoxy) is 1. The molecule has 0 spiro atoms. The second kappa shape index (κ2) is 14.6. The summed E-state index contributed by atoms with van der Waals surface area (Å²) in [4.78, 5) is 61.9. The van der Waals surface area contributed by atoms with Gasteiger partial charge in [0.25, 0.3) is 11.8 Å². The van der Waals surface area contributed by atoms with Gasteiger partial charge in [-0.1, -0.05) is 41.4 Å². The second-order valence-electron chi connectivity index (χ2n) is 9.43. The number of para-hydroxylation sites is 1. The maximum absolute atomic E-state index is 13.4. The molecule has 1 aliphatic heterocycles. The maximum atomic E-state index is 13.4. The molecular weight excluding hydrogens is 593 g/mol.